The quantitative estimate of drug-likeness (QED) is 0.251. The van der Waals surface area contributed by atoms with E-state index in [0.717, 1.165) is 64.2 Å². The fourth-order valence-corrected chi connectivity index (χ4v) is 15.5. The number of methoxy groups -OCH3 is 2. The molecular weight excluding hydrogens is 698 g/mol. The molecule has 2 heterocycles. The standard InChI is InChI=1S/C40H58N2O8P2/c1-39(2,3)51(45)33-27(47-7)21-15-23-29(33)49-37(51)35(43)41-31(25-17-11-9-12-18-25)32(26-19-13-10-14-20-26)42-36(44)38-50-30-24-16-22-28(48-8)34(30)52(38,46)40(4,5)6/h15-16,21-26,31-32,37-38H,9-14,17-20H2,1-8H3,(H,41,43)(H,42,44)/t31-,32-,37-,38-,51+,52+/m1/s1. The molecule has 10 nitrogen and oxygen atoms in total. The molecule has 286 valence electrons. The van der Waals surface area contributed by atoms with Gasteiger partial charge in [-0.2, -0.15) is 0 Å². The summed E-state index contributed by atoms with van der Waals surface area (Å²) in [6, 6.07) is 9.64. The summed E-state index contributed by atoms with van der Waals surface area (Å²) in [5, 5.41) is 6.08. The second-order valence-electron chi connectivity index (χ2n) is 17.1. The number of carbonyl (C=O) groups is 2. The van der Waals surface area contributed by atoms with Crippen LogP contribution in [0.2, 0.25) is 0 Å². The summed E-state index contributed by atoms with van der Waals surface area (Å²) in [6.07, 6.45) is 9.87. The minimum atomic E-state index is -3.56. The van der Waals surface area contributed by atoms with Crippen LogP contribution in [0.3, 0.4) is 0 Å². The minimum Gasteiger partial charge on any atom is -0.496 e. The molecule has 6 rings (SSSR count). The van der Waals surface area contributed by atoms with Crippen molar-refractivity contribution in [2.24, 2.45) is 11.8 Å². The average molecular weight is 757 g/mol. The largest absolute Gasteiger partial charge is 0.496 e. The smallest absolute Gasteiger partial charge is 0.269 e. The van der Waals surface area contributed by atoms with Crippen LogP contribution in [0.25, 0.3) is 0 Å². The number of benzene rings is 2. The minimum absolute atomic E-state index is 0.0773. The third kappa shape index (κ3) is 6.59. The molecule has 6 atom stereocenters. The van der Waals surface area contributed by atoms with Gasteiger partial charge in [0.05, 0.1) is 26.3 Å². The molecule has 4 aliphatic rings. The Hall–Kier alpha value is -2.96. The molecule has 2 saturated carbocycles. The van der Waals surface area contributed by atoms with Gasteiger partial charge in [-0.15, -0.1) is 0 Å². The molecule has 2 amide bonds. The number of rotatable bonds is 9. The second kappa shape index (κ2) is 14.7. The fourth-order valence-electron chi connectivity index (χ4n) is 9.07. The van der Waals surface area contributed by atoms with Crippen LogP contribution in [-0.4, -0.2) is 60.1 Å². The monoisotopic (exact) mass is 756 g/mol. The maximum absolute atomic E-state index is 15.3. The van der Waals surface area contributed by atoms with Crippen LogP contribution in [0, 0.1) is 11.8 Å². The van der Waals surface area contributed by atoms with Gasteiger partial charge < -0.3 is 38.7 Å². The summed E-state index contributed by atoms with van der Waals surface area (Å²) in [5.74, 6) is -1.57. The summed E-state index contributed by atoms with van der Waals surface area (Å²) in [6.45, 7) is 11.3. The number of fused-ring (bicyclic) bond motifs is 2. The molecule has 0 unspecified atom stereocenters. The van der Waals surface area contributed by atoms with E-state index in [0.29, 0.717) is 33.6 Å². The number of ether oxygens (including phenoxy) is 4. The van der Waals surface area contributed by atoms with Gasteiger partial charge in [-0.05, 0) is 61.8 Å². The van der Waals surface area contributed by atoms with Crippen molar-refractivity contribution in [3.05, 3.63) is 36.4 Å². The molecule has 0 radical (unpaired) electrons. The molecule has 0 saturated heterocycles. The highest BCUT2D eigenvalue weighted by atomic mass is 31.2. The average Bonchev–Trinajstić information content (AvgIpc) is 3.63. The highest BCUT2D eigenvalue weighted by Crippen LogP contribution is 2.68. The lowest BCUT2D eigenvalue weighted by molar-refractivity contribution is -0.129. The van der Waals surface area contributed by atoms with E-state index in [4.69, 9.17) is 18.9 Å². The predicted molar refractivity (Wildman–Crippen MR) is 206 cm³/mol. The van der Waals surface area contributed by atoms with E-state index < -0.39 is 60.2 Å². The van der Waals surface area contributed by atoms with Crippen LogP contribution in [0.15, 0.2) is 36.4 Å². The van der Waals surface area contributed by atoms with E-state index in [1.54, 1.807) is 36.4 Å². The first kappa shape index (κ1) is 38.8. The van der Waals surface area contributed by atoms with E-state index in [1.165, 1.54) is 14.2 Å². The lowest BCUT2D eigenvalue weighted by Crippen LogP contribution is -2.61. The molecule has 0 aromatic heterocycles. The zero-order valence-electron chi connectivity index (χ0n) is 32.2. The fraction of sp³-hybridized carbons (Fsp3) is 0.650. The first-order valence-corrected chi connectivity index (χ1v) is 22.6. The van der Waals surface area contributed by atoms with Gasteiger partial charge >= 0.3 is 0 Å². The molecule has 0 bridgehead atoms. The zero-order chi connectivity index (χ0) is 37.6. The van der Waals surface area contributed by atoms with Crippen LogP contribution in [-0.2, 0) is 18.7 Å². The van der Waals surface area contributed by atoms with Crippen LogP contribution < -0.4 is 40.2 Å². The Morgan fingerprint density at radius 1 is 0.635 bits per heavy atom. The third-order valence-electron chi connectivity index (χ3n) is 11.9. The number of nitrogens with one attached hydrogen (secondary N) is 2. The summed E-state index contributed by atoms with van der Waals surface area (Å²) < 4.78 is 54.7. The van der Waals surface area contributed by atoms with E-state index in [2.05, 4.69) is 10.6 Å². The van der Waals surface area contributed by atoms with Crippen molar-refractivity contribution in [2.75, 3.05) is 14.2 Å². The SMILES string of the molecule is COc1cccc2c1[P@@](=O)(C(C)(C)C)[C@H](C(=O)N[C@H](C1CCCCC1)[C@H](NC(=O)[C@@H]1Oc3cccc(OC)c3[P@@]1(=O)C(C)(C)C)C1CCCCC1)O2. The van der Waals surface area contributed by atoms with Gasteiger partial charge in [0.2, 0.25) is 11.7 Å². The highest BCUT2D eigenvalue weighted by molar-refractivity contribution is 7.75. The van der Waals surface area contributed by atoms with Crippen molar-refractivity contribution < 1.29 is 37.7 Å². The van der Waals surface area contributed by atoms with E-state index >= 15 is 9.13 Å². The Kier molecular flexibility index (Phi) is 11.0. The maximum Gasteiger partial charge on any atom is 0.269 e. The lowest BCUT2D eigenvalue weighted by atomic mass is 9.74. The van der Waals surface area contributed by atoms with Gasteiger partial charge in [-0.3, -0.25) is 9.59 Å². The molecule has 2 fully saturated rings. The Bertz CT molecular complexity index is 1620. The second-order valence-corrected chi connectivity index (χ2v) is 24.2. The lowest BCUT2D eigenvalue weighted by Gasteiger charge is -2.43. The number of hydrogen-bond acceptors (Lipinski definition) is 8. The summed E-state index contributed by atoms with van der Waals surface area (Å²) in [4.78, 5) is 29.5. The van der Waals surface area contributed by atoms with Crippen LogP contribution in [0.4, 0.5) is 0 Å². The first-order chi connectivity index (χ1) is 24.6. The van der Waals surface area contributed by atoms with Crippen molar-refractivity contribution in [3.63, 3.8) is 0 Å². The van der Waals surface area contributed by atoms with Gasteiger partial charge in [0, 0.05) is 10.3 Å². The van der Waals surface area contributed by atoms with Crippen LogP contribution in [0.5, 0.6) is 23.0 Å². The Labute approximate surface area is 309 Å². The van der Waals surface area contributed by atoms with E-state index in [-0.39, 0.29) is 11.8 Å². The third-order valence-corrected chi connectivity index (χ3v) is 20.1. The van der Waals surface area contributed by atoms with Crippen molar-refractivity contribution >= 4 is 36.7 Å². The maximum atomic E-state index is 15.3. The Balaban J connectivity index is 1.38. The van der Waals surface area contributed by atoms with Gasteiger partial charge in [0.25, 0.3) is 11.8 Å². The summed E-state index contributed by atoms with van der Waals surface area (Å²) in [7, 11) is -4.05. The zero-order valence-corrected chi connectivity index (χ0v) is 33.9. The number of amides is 2. The van der Waals surface area contributed by atoms with Crippen LogP contribution in [0.1, 0.15) is 106 Å². The van der Waals surface area contributed by atoms with Crippen molar-refractivity contribution in [1.29, 1.82) is 0 Å². The molecule has 0 spiro atoms. The van der Waals surface area contributed by atoms with Gasteiger partial charge in [-0.1, -0.05) is 92.2 Å². The topological polar surface area (TPSA) is 129 Å². The molecule has 2 N–H and O–H groups in total. The summed E-state index contributed by atoms with van der Waals surface area (Å²) in [5.41, 5.74) is 0. The Morgan fingerprint density at radius 3 is 1.29 bits per heavy atom. The number of carbonyl (C=O) groups excluding carboxylic acids is 2. The van der Waals surface area contributed by atoms with Gasteiger partial charge in [0.15, 0.2) is 14.3 Å². The molecule has 2 aliphatic carbocycles. The number of hydrogen-bond donors (Lipinski definition) is 2. The highest BCUT2D eigenvalue weighted by Gasteiger charge is 2.59. The Morgan fingerprint density at radius 2 is 0.981 bits per heavy atom. The van der Waals surface area contributed by atoms with Crippen molar-refractivity contribution in [2.45, 2.75) is 140 Å². The molecular formula is C40H58N2O8P2. The van der Waals surface area contributed by atoms with Gasteiger partial charge in [0.1, 0.15) is 33.6 Å². The normalized spacial score (nSPS) is 27.7. The molecule has 2 aliphatic heterocycles. The van der Waals surface area contributed by atoms with Crippen molar-refractivity contribution in [1.82, 2.24) is 10.6 Å². The van der Waals surface area contributed by atoms with Crippen molar-refractivity contribution in [3.8, 4) is 23.0 Å². The van der Waals surface area contributed by atoms with Crippen LogP contribution >= 0.6 is 14.3 Å². The molecule has 2 aromatic rings. The predicted octanol–water partition coefficient (Wildman–Crippen LogP) is 7.55. The first-order valence-electron chi connectivity index (χ1n) is 19.1. The van der Waals surface area contributed by atoms with E-state index in [1.807, 2.05) is 41.5 Å². The molecule has 52 heavy (non-hydrogen) atoms. The van der Waals surface area contributed by atoms with Gasteiger partial charge in [-0.25, -0.2) is 0 Å². The summed E-state index contributed by atoms with van der Waals surface area (Å²) >= 11 is 0. The van der Waals surface area contributed by atoms with E-state index in [9.17, 15) is 9.59 Å². The molecule has 2 aromatic carbocycles. The molecule has 12 heteroatoms.